The summed E-state index contributed by atoms with van der Waals surface area (Å²) < 4.78 is 39.9. The zero-order chi connectivity index (χ0) is 34.3. The van der Waals surface area contributed by atoms with Crippen LogP contribution in [0.25, 0.3) is 10.8 Å². The van der Waals surface area contributed by atoms with Crippen LogP contribution >= 0.6 is 23.2 Å². The Bertz CT molecular complexity index is 1910. The number of hydrogen-bond donors (Lipinski definition) is 1. The highest BCUT2D eigenvalue weighted by atomic mass is 35.5. The van der Waals surface area contributed by atoms with Crippen molar-refractivity contribution in [1.29, 1.82) is 0 Å². The van der Waals surface area contributed by atoms with Crippen molar-refractivity contribution < 1.29 is 32.3 Å². The van der Waals surface area contributed by atoms with Crippen molar-refractivity contribution in [2.45, 2.75) is 31.2 Å². The van der Waals surface area contributed by atoms with Gasteiger partial charge in [-0.2, -0.15) is 0 Å². The second-order valence-electron chi connectivity index (χ2n) is 11.1. The lowest BCUT2D eigenvalue weighted by Crippen LogP contribution is -2.41. The van der Waals surface area contributed by atoms with Crippen LogP contribution < -0.4 is 9.62 Å². The number of benzene rings is 4. The summed E-state index contributed by atoms with van der Waals surface area (Å²) in [7, 11) is -4.40. The SMILES string of the molecule is CCCCOC(=O)CN(c1cccc2c(C(=O)NCc3ccccc3C(=O)N3CCOCC3)cccc12)S(=O)(=O)c1cc(Cl)cc(Cl)c1. The molecule has 0 spiro atoms. The highest BCUT2D eigenvalue weighted by molar-refractivity contribution is 7.93. The zero-order valence-electron chi connectivity index (χ0n) is 26.3. The molecule has 13 heteroatoms. The van der Waals surface area contributed by atoms with Crippen molar-refractivity contribution in [3.8, 4) is 0 Å². The third-order valence-corrected chi connectivity index (χ3v) is 10.0. The molecule has 1 aliphatic rings. The third-order valence-electron chi connectivity index (χ3n) is 7.86. The minimum Gasteiger partial charge on any atom is -0.464 e. The van der Waals surface area contributed by atoms with Crippen LogP contribution in [0.5, 0.6) is 0 Å². The number of esters is 1. The molecule has 0 aliphatic carbocycles. The largest absolute Gasteiger partial charge is 0.464 e. The summed E-state index contributed by atoms with van der Waals surface area (Å²) >= 11 is 12.3. The Kier molecular flexibility index (Phi) is 11.6. The Balaban J connectivity index is 1.47. The van der Waals surface area contributed by atoms with Crippen LogP contribution in [-0.4, -0.2) is 70.6 Å². The lowest BCUT2D eigenvalue weighted by Gasteiger charge is -2.27. The van der Waals surface area contributed by atoms with Gasteiger partial charge in [0.15, 0.2) is 0 Å². The van der Waals surface area contributed by atoms with Crippen molar-refractivity contribution >= 4 is 67.5 Å². The summed E-state index contributed by atoms with van der Waals surface area (Å²) in [6.45, 7) is 3.48. The number of carbonyl (C=O) groups excluding carboxylic acids is 3. The van der Waals surface area contributed by atoms with Gasteiger partial charge >= 0.3 is 5.97 Å². The van der Waals surface area contributed by atoms with E-state index in [-0.39, 0.29) is 45.3 Å². The fourth-order valence-electron chi connectivity index (χ4n) is 5.40. The minimum atomic E-state index is -4.40. The molecule has 1 fully saturated rings. The van der Waals surface area contributed by atoms with E-state index in [1.807, 2.05) is 6.92 Å². The van der Waals surface area contributed by atoms with Crippen LogP contribution in [0, 0.1) is 0 Å². The molecular formula is C35H35Cl2N3O7S. The Hall–Kier alpha value is -4.16. The Morgan fingerprint density at radius 1 is 0.896 bits per heavy atom. The number of anilines is 1. The van der Waals surface area contributed by atoms with Crippen molar-refractivity contribution in [2.24, 2.45) is 0 Å². The molecule has 10 nitrogen and oxygen atoms in total. The van der Waals surface area contributed by atoms with Gasteiger partial charge in [-0.1, -0.05) is 79.0 Å². The van der Waals surface area contributed by atoms with E-state index in [1.165, 1.54) is 18.2 Å². The van der Waals surface area contributed by atoms with Crippen LogP contribution in [0.3, 0.4) is 0 Å². The van der Waals surface area contributed by atoms with E-state index in [0.717, 1.165) is 10.7 Å². The molecule has 2 amide bonds. The molecule has 0 radical (unpaired) electrons. The number of morpholine rings is 1. The third kappa shape index (κ3) is 8.10. The number of rotatable bonds is 12. The minimum absolute atomic E-state index is 0.0841. The van der Waals surface area contributed by atoms with Gasteiger partial charge in [0.25, 0.3) is 21.8 Å². The first-order valence-corrected chi connectivity index (χ1v) is 17.7. The Morgan fingerprint density at radius 3 is 2.29 bits per heavy atom. The molecule has 1 N–H and O–H groups in total. The quantitative estimate of drug-likeness (QED) is 0.139. The number of nitrogens with zero attached hydrogens (tertiary/aromatic N) is 2. The van der Waals surface area contributed by atoms with Gasteiger partial charge in [0.1, 0.15) is 6.54 Å². The van der Waals surface area contributed by atoms with Crippen LogP contribution in [-0.2, 0) is 30.8 Å². The summed E-state index contributed by atoms with van der Waals surface area (Å²) in [6, 6.07) is 20.8. The number of ether oxygens (including phenoxy) is 2. The van der Waals surface area contributed by atoms with Crippen molar-refractivity contribution in [3.63, 3.8) is 0 Å². The Labute approximate surface area is 289 Å². The average molecular weight is 713 g/mol. The molecule has 0 aromatic heterocycles. The van der Waals surface area contributed by atoms with E-state index in [2.05, 4.69) is 5.32 Å². The highest BCUT2D eigenvalue weighted by Gasteiger charge is 2.30. The molecule has 0 bridgehead atoms. The number of carbonyl (C=O) groups is 3. The lowest BCUT2D eigenvalue weighted by atomic mass is 10.0. The summed E-state index contributed by atoms with van der Waals surface area (Å²) in [5, 5.41) is 3.99. The summed E-state index contributed by atoms with van der Waals surface area (Å²) in [6.07, 6.45) is 1.42. The van der Waals surface area contributed by atoms with Crippen molar-refractivity contribution in [3.05, 3.63) is 106 Å². The molecule has 1 aliphatic heterocycles. The number of fused-ring (bicyclic) bond motifs is 1. The Morgan fingerprint density at radius 2 is 1.56 bits per heavy atom. The number of sulfonamides is 1. The van der Waals surface area contributed by atoms with Crippen molar-refractivity contribution in [1.82, 2.24) is 10.2 Å². The first-order chi connectivity index (χ1) is 23.1. The van der Waals surface area contributed by atoms with Gasteiger partial charge in [-0.15, -0.1) is 0 Å². The second kappa shape index (κ2) is 15.8. The van der Waals surface area contributed by atoms with Crippen LogP contribution in [0.15, 0.2) is 83.8 Å². The van der Waals surface area contributed by atoms with E-state index in [1.54, 1.807) is 65.6 Å². The lowest BCUT2D eigenvalue weighted by molar-refractivity contribution is -0.141. The predicted octanol–water partition coefficient (Wildman–Crippen LogP) is 6.09. The molecule has 0 unspecified atom stereocenters. The molecule has 48 heavy (non-hydrogen) atoms. The van der Waals surface area contributed by atoms with Gasteiger partial charge in [0.05, 0.1) is 30.4 Å². The van der Waals surface area contributed by atoms with Gasteiger partial charge in [-0.3, -0.25) is 18.7 Å². The van der Waals surface area contributed by atoms with Gasteiger partial charge in [0, 0.05) is 46.2 Å². The van der Waals surface area contributed by atoms with Gasteiger partial charge in [-0.25, -0.2) is 8.42 Å². The monoisotopic (exact) mass is 711 g/mol. The van der Waals surface area contributed by atoms with Gasteiger partial charge in [-0.05, 0) is 53.8 Å². The first-order valence-electron chi connectivity index (χ1n) is 15.5. The fraction of sp³-hybridized carbons (Fsp3) is 0.286. The molecule has 0 saturated carbocycles. The maximum atomic E-state index is 14.1. The predicted molar refractivity (Wildman–Crippen MR) is 185 cm³/mol. The summed E-state index contributed by atoms with van der Waals surface area (Å²) in [5.41, 5.74) is 1.59. The molecule has 252 valence electrons. The molecular weight excluding hydrogens is 677 g/mol. The maximum absolute atomic E-state index is 14.1. The zero-order valence-corrected chi connectivity index (χ0v) is 28.6. The first kappa shape index (κ1) is 35.2. The molecule has 4 aromatic rings. The van der Waals surface area contributed by atoms with Crippen LogP contribution in [0.2, 0.25) is 10.0 Å². The number of hydrogen-bond acceptors (Lipinski definition) is 7. The molecule has 4 aromatic carbocycles. The van der Waals surface area contributed by atoms with E-state index >= 15 is 0 Å². The van der Waals surface area contributed by atoms with Gasteiger partial charge < -0.3 is 19.7 Å². The molecule has 1 heterocycles. The van der Waals surface area contributed by atoms with E-state index in [4.69, 9.17) is 32.7 Å². The smallest absolute Gasteiger partial charge is 0.326 e. The average Bonchev–Trinajstić information content (AvgIpc) is 3.09. The van der Waals surface area contributed by atoms with Crippen LogP contribution in [0.4, 0.5) is 5.69 Å². The van der Waals surface area contributed by atoms with E-state index in [9.17, 15) is 22.8 Å². The maximum Gasteiger partial charge on any atom is 0.326 e. The normalized spacial score (nSPS) is 13.3. The highest BCUT2D eigenvalue weighted by Crippen LogP contribution is 2.34. The fourth-order valence-corrected chi connectivity index (χ4v) is 7.55. The number of amides is 2. The topological polar surface area (TPSA) is 122 Å². The molecule has 1 saturated heterocycles. The number of nitrogens with one attached hydrogen (secondary N) is 1. The van der Waals surface area contributed by atoms with E-state index in [0.29, 0.717) is 54.6 Å². The van der Waals surface area contributed by atoms with E-state index < -0.39 is 28.4 Å². The van der Waals surface area contributed by atoms with Crippen LogP contribution in [0.1, 0.15) is 46.0 Å². The van der Waals surface area contributed by atoms with Crippen molar-refractivity contribution in [2.75, 3.05) is 43.8 Å². The standard InChI is InChI=1S/C35H35Cl2N3O7S/c1-2-3-16-47-33(41)23-40(48(44,45)27-20-25(36)19-26(37)21-27)32-13-7-10-29-30(32)11-6-12-31(29)34(42)38-22-24-8-4-5-9-28(24)35(43)39-14-17-46-18-15-39/h4-13,19-21H,2-3,14-18,22-23H2,1H3,(H,38,42). The number of halogens is 2. The molecule has 0 atom stereocenters. The summed E-state index contributed by atoms with van der Waals surface area (Å²) in [4.78, 5) is 41.4. The summed E-state index contributed by atoms with van der Waals surface area (Å²) in [5.74, 6) is -1.30. The second-order valence-corrected chi connectivity index (χ2v) is 13.8. The molecule has 5 rings (SSSR count). The van der Waals surface area contributed by atoms with Gasteiger partial charge in [0.2, 0.25) is 0 Å². The number of unbranched alkanes of at least 4 members (excludes halogenated alkanes) is 1.